The Kier molecular flexibility index (Phi) is 4.78. The molecule has 1 unspecified atom stereocenters. The summed E-state index contributed by atoms with van der Waals surface area (Å²) in [6.45, 7) is 4.21. The van der Waals surface area contributed by atoms with Crippen molar-refractivity contribution in [1.29, 1.82) is 0 Å². The van der Waals surface area contributed by atoms with Gasteiger partial charge in [-0.2, -0.15) is 0 Å². The molecular weight excluding hydrogens is 131 g/mol. The molecule has 0 aromatic carbocycles. The van der Waals surface area contributed by atoms with Crippen LogP contribution in [0.4, 0.5) is 0 Å². The van der Waals surface area contributed by atoms with Crippen molar-refractivity contribution in [2.24, 2.45) is 5.92 Å². The Morgan fingerprint density at radius 1 is 1.36 bits per heavy atom. The predicted molar refractivity (Wildman–Crippen MR) is 40.7 cm³/mol. The van der Waals surface area contributed by atoms with E-state index in [4.69, 9.17) is 0 Å². The zero-order valence-electron chi connectivity index (χ0n) is 8.02. The maximum Gasteiger partial charge on any atom is 1.00 e. The van der Waals surface area contributed by atoms with Gasteiger partial charge in [-0.15, -0.1) is 5.60 Å². The van der Waals surface area contributed by atoms with E-state index in [2.05, 4.69) is 13.8 Å². The summed E-state index contributed by atoms with van der Waals surface area (Å²) in [6.07, 6.45) is 5.20. The zero-order valence-corrected chi connectivity index (χ0v) is 8.02. The average Bonchev–Trinajstić information content (AvgIpc) is 2.36. The smallest absolute Gasteiger partial charge is 0.849 e. The quantitative estimate of drug-likeness (QED) is 0.447. The molecule has 0 aliphatic heterocycles. The van der Waals surface area contributed by atoms with Gasteiger partial charge >= 0.3 is 18.9 Å². The fourth-order valence-corrected chi connectivity index (χ4v) is 1.84. The molecule has 0 radical (unpaired) electrons. The van der Waals surface area contributed by atoms with Gasteiger partial charge in [-0.05, 0) is 0 Å². The molecule has 60 valence electrons. The summed E-state index contributed by atoms with van der Waals surface area (Å²) < 4.78 is 0. The molecule has 0 saturated heterocycles. The van der Waals surface area contributed by atoms with Crippen LogP contribution >= 0.6 is 0 Å². The monoisotopic (exact) mass is 148 g/mol. The van der Waals surface area contributed by atoms with Gasteiger partial charge in [0.1, 0.15) is 0 Å². The van der Waals surface area contributed by atoms with Crippen LogP contribution in [0.2, 0.25) is 0 Å². The third-order valence-corrected chi connectivity index (χ3v) is 2.96. The third-order valence-electron chi connectivity index (χ3n) is 2.96. The topological polar surface area (TPSA) is 23.1 Å². The molecule has 1 fully saturated rings. The van der Waals surface area contributed by atoms with E-state index in [9.17, 15) is 5.11 Å². The Bertz CT molecular complexity index is 108. The predicted octanol–water partition coefficient (Wildman–Crippen LogP) is -1.29. The molecular formula is C9H17LiO. The van der Waals surface area contributed by atoms with E-state index in [0.717, 1.165) is 32.1 Å². The van der Waals surface area contributed by atoms with Crippen LogP contribution in [-0.4, -0.2) is 5.60 Å². The van der Waals surface area contributed by atoms with Crippen LogP contribution < -0.4 is 24.0 Å². The second-order valence-corrected chi connectivity index (χ2v) is 3.58. The van der Waals surface area contributed by atoms with Gasteiger partial charge in [0.2, 0.25) is 0 Å². The molecule has 1 aliphatic rings. The standard InChI is InChI=1S/C9H17O.Li/c1-3-8(2)9(10)6-4-5-7-9;/h8H,3-7H2,1-2H3;/q-1;+1. The largest absolute Gasteiger partial charge is 1.00 e. The van der Waals surface area contributed by atoms with E-state index in [1.165, 1.54) is 0 Å². The zero-order chi connectivity index (χ0) is 7.61. The van der Waals surface area contributed by atoms with Gasteiger partial charge in [0, 0.05) is 0 Å². The summed E-state index contributed by atoms with van der Waals surface area (Å²) in [5.74, 6) is 0.384. The minimum absolute atomic E-state index is 0. The Labute approximate surface area is 81.7 Å². The maximum absolute atomic E-state index is 11.8. The van der Waals surface area contributed by atoms with Crippen molar-refractivity contribution in [1.82, 2.24) is 0 Å². The van der Waals surface area contributed by atoms with Crippen molar-refractivity contribution >= 4 is 0 Å². The van der Waals surface area contributed by atoms with E-state index in [-0.39, 0.29) is 18.9 Å². The molecule has 1 saturated carbocycles. The molecule has 1 rings (SSSR count). The molecule has 1 nitrogen and oxygen atoms in total. The van der Waals surface area contributed by atoms with E-state index >= 15 is 0 Å². The molecule has 0 N–H and O–H groups in total. The minimum atomic E-state index is -0.547. The average molecular weight is 148 g/mol. The van der Waals surface area contributed by atoms with Crippen LogP contribution in [0, 0.1) is 5.92 Å². The number of hydrogen-bond donors (Lipinski definition) is 0. The van der Waals surface area contributed by atoms with Gasteiger partial charge in [0.25, 0.3) is 0 Å². The van der Waals surface area contributed by atoms with Crippen LogP contribution in [0.1, 0.15) is 46.0 Å². The molecule has 0 aromatic heterocycles. The van der Waals surface area contributed by atoms with Crippen LogP contribution in [0.25, 0.3) is 0 Å². The first-order valence-electron chi connectivity index (χ1n) is 4.39. The molecule has 0 aromatic rings. The molecule has 0 heterocycles. The van der Waals surface area contributed by atoms with Crippen molar-refractivity contribution < 1.29 is 24.0 Å². The van der Waals surface area contributed by atoms with E-state index < -0.39 is 5.60 Å². The van der Waals surface area contributed by atoms with Crippen LogP contribution in [0.3, 0.4) is 0 Å². The van der Waals surface area contributed by atoms with Crippen molar-refractivity contribution in [3.63, 3.8) is 0 Å². The van der Waals surface area contributed by atoms with E-state index in [0.29, 0.717) is 5.92 Å². The van der Waals surface area contributed by atoms with Crippen LogP contribution in [0.5, 0.6) is 0 Å². The minimum Gasteiger partial charge on any atom is -0.849 e. The molecule has 0 spiro atoms. The summed E-state index contributed by atoms with van der Waals surface area (Å²) in [6, 6.07) is 0. The number of hydrogen-bond acceptors (Lipinski definition) is 1. The Hall–Kier alpha value is 0.557. The Morgan fingerprint density at radius 3 is 2.18 bits per heavy atom. The fraction of sp³-hybridized carbons (Fsp3) is 1.00. The normalized spacial score (nSPS) is 24.3. The SMILES string of the molecule is CCC(C)C1([O-])CCCC1.[Li+]. The third kappa shape index (κ3) is 2.51. The number of rotatable bonds is 2. The second kappa shape index (κ2) is 4.55. The first kappa shape index (κ1) is 11.6. The van der Waals surface area contributed by atoms with Gasteiger partial charge in [-0.1, -0.05) is 51.9 Å². The van der Waals surface area contributed by atoms with Crippen molar-refractivity contribution in [3.8, 4) is 0 Å². The van der Waals surface area contributed by atoms with Gasteiger partial charge in [-0.25, -0.2) is 0 Å². The first-order chi connectivity index (χ1) is 4.69. The van der Waals surface area contributed by atoms with Gasteiger partial charge < -0.3 is 5.11 Å². The van der Waals surface area contributed by atoms with Gasteiger partial charge in [-0.3, -0.25) is 0 Å². The Balaban J connectivity index is 0.000001000. The summed E-state index contributed by atoms with van der Waals surface area (Å²) in [5, 5.41) is 11.8. The summed E-state index contributed by atoms with van der Waals surface area (Å²) in [4.78, 5) is 0. The van der Waals surface area contributed by atoms with Gasteiger partial charge in [0.15, 0.2) is 0 Å². The summed E-state index contributed by atoms with van der Waals surface area (Å²) in [7, 11) is 0. The van der Waals surface area contributed by atoms with Crippen molar-refractivity contribution in [2.45, 2.75) is 51.6 Å². The van der Waals surface area contributed by atoms with Gasteiger partial charge in [0.05, 0.1) is 0 Å². The van der Waals surface area contributed by atoms with Crippen LogP contribution in [0.15, 0.2) is 0 Å². The molecule has 11 heavy (non-hydrogen) atoms. The second-order valence-electron chi connectivity index (χ2n) is 3.58. The molecule has 1 aliphatic carbocycles. The fourth-order valence-electron chi connectivity index (χ4n) is 1.84. The summed E-state index contributed by atoms with van der Waals surface area (Å²) in [5.41, 5.74) is -0.547. The molecule has 2 heteroatoms. The first-order valence-corrected chi connectivity index (χ1v) is 4.39. The van der Waals surface area contributed by atoms with E-state index in [1.807, 2.05) is 0 Å². The van der Waals surface area contributed by atoms with Crippen LogP contribution in [-0.2, 0) is 0 Å². The van der Waals surface area contributed by atoms with Crippen molar-refractivity contribution in [2.75, 3.05) is 0 Å². The summed E-state index contributed by atoms with van der Waals surface area (Å²) >= 11 is 0. The molecule has 1 atom stereocenters. The maximum atomic E-state index is 11.8. The van der Waals surface area contributed by atoms with Crippen molar-refractivity contribution in [3.05, 3.63) is 0 Å². The molecule has 0 bridgehead atoms. The van der Waals surface area contributed by atoms with E-state index in [1.54, 1.807) is 0 Å². The Morgan fingerprint density at radius 2 is 1.82 bits per heavy atom. The molecule has 0 amide bonds.